The first-order valence-corrected chi connectivity index (χ1v) is 16.4. The second-order valence-corrected chi connectivity index (χ2v) is 12.4. The minimum absolute atomic E-state index is 0.0339. The number of carbonyl (C=O) groups is 1. The molecule has 7 rings (SSSR count). The van der Waals surface area contributed by atoms with Gasteiger partial charge in [-0.05, 0) is 42.3 Å². The number of aromatic nitrogens is 2. The summed E-state index contributed by atoms with van der Waals surface area (Å²) in [5.41, 5.74) is 4.59. The van der Waals surface area contributed by atoms with Crippen molar-refractivity contribution in [2.24, 2.45) is 4.99 Å². The highest BCUT2D eigenvalue weighted by Crippen LogP contribution is 2.36. The summed E-state index contributed by atoms with van der Waals surface area (Å²) in [5, 5.41) is 12.1. The Hall–Kier alpha value is -6.07. The molecular weight excluding hydrogens is 641 g/mol. The number of ether oxygens (including phenoxy) is 2. The molecule has 49 heavy (non-hydrogen) atoms. The summed E-state index contributed by atoms with van der Waals surface area (Å²) in [6.07, 6.45) is 3.84. The van der Waals surface area contributed by atoms with E-state index in [4.69, 9.17) is 14.5 Å². The fraction of sp³-hybridized carbons (Fsp3) is 0.132. The van der Waals surface area contributed by atoms with Gasteiger partial charge in [0.1, 0.15) is 5.75 Å². The summed E-state index contributed by atoms with van der Waals surface area (Å²) >= 11 is 1.26. The Bertz CT molecular complexity index is 2420. The molecule has 1 aliphatic heterocycles. The normalized spacial score (nSPS) is 14.4. The SMILES string of the molecule is CCOC(=O)C1=C(c2ccccc2)N=c2s/c(=C\c3cn(Cc4ccc([N+](=O)[O-])cc4)c4ccccc34)c(=O)n2[C@@H]1c1ccc(OC)cc1. The summed E-state index contributed by atoms with van der Waals surface area (Å²) in [7, 11) is 1.58. The van der Waals surface area contributed by atoms with Gasteiger partial charge in [0.25, 0.3) is 11.2 Å². The van der Waals surface area contributed by atoms with Gasteiger partial charge in [-0.1, -0.05) is 84.1 Å². The molecule has 10 nitrogen and oxygen atoms in total. The van der Waals surface area contributed by atoms with Crippen molar-refractivity contribution in [3.63, 3.8) is 0 Å². The predicted molar refractivity (Wildman–Crippen MR) is 188 cm³/mol. The Balaban J connectivity index is 1.41. The van der Waals surface area contributed by atoms with Crippen molar-refractivity contribution in [2.75, 3.05) is 13.7 Å². The number of hydrogen-bond acceptors (Lipinski definition) is 8. The van der Waals surface area contributed by atoms with Gasteiger partial charge in [-0.15, -0.1) is 0 Å². The Kier molecular flexibility index (Phi) is 8.50. The van der Waals surface area contributed by atoms with E-state index in [9.17, 15) is 19.7 Å². The molecule has 4 aromatic carbocycles. The van der Waals surface area contributed by atoms with Gasteiger partial charge in [0.05, 0.1) is 40.5 Å². The summed E-state index contributed by atoms with van der Waals surface area (Å²) in [6.45, 7) is 2.39. The van der Waals surface area contributed by atoms with Crippen LogP contribution in [0.4, 0.5) is 5.69 Å². The molecule has 0 spiro atoms. The monoisotopic (exact) mass is 670 g/mol. The first-order chi connectivity index (χ1) is 23.9. The predicted octanol–water partition coefficient (Wildman–Crippen LogP) is 5.86. The number of rotatable bonds is 9. The van der Waals surface area contributed by atoms with E-state index in [2.05, 4.69) is 4.57 Å². The van der Waals surface area contributed by atoms with E-state index in [1.807, 2.05) is 79.0 Å². The second-order valence-electron chi connectivity index (χ2n) is 11.4. The number of esters is 1. The average molecular weight is 671 g/mol. The number of nitro benzene ring substituents is 1. The number of methoxy groups -OCH3 is 1. The average Bonchev–Trinajstić information content (AvgIpc) is 3.63. The lowest BCUT2D eigenvalue weighted by Gasteiger charge is -2.26. The van der Waals surface area contributed by atoms with Crippen LogP contribution in [0.5, 0.6) is 5.75 Å². The molecule has 0 amide bonds. The van der Waals surface area contributed by atoms with Crippen molar-refractivity contribution in [3.05, 3.63) is 167 Å². The Morgan fingerprint density at radius 1 is 0.980 bits per heavy atom. The molecule has 0 saturated heterocycles. The molecular formula is C38H30N4O6S. The van der Waals surface area contributed by atoms with Crippen LogP contribution < -0.4 is 19.6 Å². The molecule has 0 saturated carbocycles. The highest BCUT2D eigenvalue weighted by Gasteiger charge is 2.35. The minimum Gasteiger partial charge on any atom is -0.497 e. The van der Waals surface area contributed by atoms with Crippen molar-refractivity contribution in [1.29, 1.82) is 0 Å². The van der Waals surface area contributed by atoms with Gasteiger partial charge in [-0.2, -0.15) is 0 Å². The Morgan fingerprint density at radius 3 is 2.39 bits per heavy atom. The topological polar surface area (TPSA) is 118 Å². The lowest BCUT2D eigenvalue weighted by Crippen LogP contribution is -2.40. The van der Waals surface area contributed by atoms with Gasteiger partial charge < -0.3 is 14.0 Å². The van der Waals surface area contributed by atoms with Gasteiger partial charge in [0, 0.05) is 46.9 Å². The van der Waals surface area contributed by atoms with Crippen LogP contribution in [-0.4, -0.2) is 33.7 Å². The maximum atomic E-state index is 14.4. The molecule has 0 N–H and O–H groups in total. The van der Waals surface area contributed by atoms with Gasteiger partial charge in [-0.3, -0.25) is 19.5 Å². The number of hydrogen-bond donors (Lipinski definition) is 0. The molecule has 2 aromatic heterocycles. The van der Waals surface area contributed by atoms with E-state index in [0.29, 0.717) is 32.9 Å². The van der Waals surface area contributed by atoms with Gasteiger partial charge in [-0.25, -0.2) is 9.79 Å². The number of para-hydroxylation sites is 1. The fourth-order valence-corrected chi connectivity index (χ4v) is 7.12. The van der Waals surface area contributed by atoms with E-state index in [-0.39, 0.29) is 23.4 Å². The van der Waals surface area contributed by atoms with Crippen LogP contribution in [0, 0.1) is 10.1 Å². The Morgan fingerprint density at radius 2 is 1.69 bits per heavy atom. The molecule has 0 fully saturated rings. The van der Waals surface area contributed by atoms with Crippen LogP contribution in [0.25, 0.3) is 22.7 Å². The van der Waals surface area contributed by atoms with Crippen LogP contribution in [0.1, 0.15) is 35.2 Å². The standard InChI is InChI=1S/C38H30N4O6S/c1-3-48-37(44)33-34(25-9-5-4-6-10-25)39-38-41(35(33)26-15-19-29(47-2)20-16-26)36(43)32(49-38)21-27-23-40(31-12-8-7-11-30(27)31)22-24-13-17-28(18-14-24)42(45)46/h4-21,23,35H,3,22H2,1-2H3/b32-21-/t35-/m1/s1. The van der Waals surface area contributed by atoms with Gasteiger partial charge in [0.2, 0.25) is 0 Å². The molecule has 0 aliphatic carbocycles. The molecule has 11 heteroatoms. The maximum Gasteiger partial charge on any atom is 0.338 e. The molecule has 244 valence electrons. The lowest BCUT2D eigenvalue weighted by molar-refractivity contribution is -0.384. The van der Waals surface area contributed by atoms with Crippen molar-refractivity contribution in [1.82, 2.24) is 9.13 Å². The minimum atomic E-state index is -0.804. The van der Waals surface area contributed by atoms with Crippen molar-refractivity contribution in [3.8, 4) is 5.75 Å². The van der Waals surface area contributed by atoms with Crippen LogP contribution in [0.3, 0.4) is 0 Å². The Labute approximate surface area is 284 Å². The second kappa shape index (κ2) is 13.2. The number of nitro groups is 1. The maximum absolute atomic E-state index is 14.4. The van der Waals surface area contributed by atoms with Crippen LogP contribution >= 0.6 is 11.3 Å². The number of nitrogens with zero attached hydrogens (tertiary/aromatic N) is 4. The van der Waals surface area contributed by atoms with Crippen LogP contribution in [0.2, 0.25) is 0 Å². The zero-order valence-electron chi connectivity index (χ0n) is 26.6. The molecule has 0 radical (unpaired) electrons. The molecule has 0 bridgehead atoms. The van der Waals surface area contributed by atoms with Crippen LogP contribution in [0.15, 0.2) is 125 Å². The van der Waals surface area contributed by atoms with Crippen LogP contribution in [-0.2, 0) is 16.1 Å². The molecule has 6 aromatic rings. The van der Waals surface area contributed by atoms with Gasteiger partial charge in [0.15, 0.2) is 4.80 Å². The van der Waals surface area contributed by atoms with E-state index < -0.39 is 16.9 Å². The summed E-state index contributed by atoms with van der Waals surface area (Å²) in [4.78, 5) is 44.3. The largest absolute Gasteiger partial charge is 0.497 e. The number of benzene rings is 4. The number of non-ortho nitro benzene ring substituents is 1. The summed E-state index contributed by atoms with van der Waals surface area (Å²) < 4.78 is 15.0. The third-order valence-electron chi connectivity index (χ3n) is 8.41. The molecule has 3 heterocycles. The van der Waals surface area contributed by atoms with Crippen molar-refractivity contribution >= 4 is 45.7 Å². The van der Waals surface area contributed by atoms with E-state index in [1.165, 1.54) is 23.5 Å². The third kappa shape index (κ3) is 5.96. The summed E-state index contributed by atoms with van der Waals surface area (Å²) in [6, 6.07) is 30.3. The molecule has 0 unspecified atom stereocenters. The highest BCUT2D eigenvalue weighted by atomic mass is 32.1. The number of fused-ring (bicyclic) bond motifs is 2. The summed E-state index contributed by atoms with van der Waals surface area (Å²) in [5.74, 6) is 0.0979. The first kappa shape index (κ1) is 31.5. The van der Waals surface area contributed by atoms with E-state index >= 15 is 0 Å². The smallest absolute Gasteiger partial charge is 0.338 e. The lowest BCUT2D eigenvalue weighted by atomic mass is 9.93. The van der Waals surface area contributed by atoms with E-state index in [1.54, 1.807) is 42.9 Å². The molecule has 1 atom stereocenters. The van der Waals surface area contributed by atoms with Gasteiger partial charge >= 0.3 is 5.97 Å². The van der Waals surface area contributed by atoms with E-state index in [0.717, 1.165) is 27.6 Å². The number of thiazole rings is 1. The van der Waals surface area contributed by atoms with Crippen molar-refractivity contribution < 1.29 is 19.2 Å². The fourth-order valence-electron chi connectivity index (χ4n) is 6.12. The zero-order chi connectivity index (χ0) is 34.1. The number of carbonyl (C=O) groups excluding carboxylic acids is 1. The quantitative estimate of drug-likeness (QED) is 0.108. The first-order valence-electron chi connectivity index (χ1n) is 15.6. The zero-order valence-corrected chi connectivity index (χ0v) is 27.4. The highest BCUT2D eigenvalue weighted by molar-refractivity contribution is 7.07. The molecule has 1 aliphatic rings. The van der Waals surface area contributed by atoms with Crippen molar-refractivity contribution in [2.45, 2.75) is 19.5 Å². The third-order valence-corrected chi connectivity index (χ3v) is 9.39.